The molecule has 1 heterocycles. The van der Waals surface area contributed by atoms with Gasteiger partial charge in [-0.05, 0) is 37.6 Å². The number of morpholine rings is 1. The number of nitrogens with two attached hydrogens (primary N) is 1. The van der Waals surface area contributed by atoms with Crippen molar-refractivity contribution in [2.24, 2.45) is 5.73 Å². The molecule has 0 amide bonds. The average molecular weight is 265 g/mol. The predicted octanol–water partition coefficient (Wildman–Crippen LogP) is 1.72. The maximum absolute atomic E-state index is 13.5. The standard InChI is InChI=1S/C14H20FN3O/c1-14(2)9-19-4-3-18(14)8-10-5-11(13(16)17)7-12(15)6-10/h5-7H,3-4,8-9H2,1-2H3,(H3,16,17). The lowest BCUT2D eigenvalue weighted by Crippen LogP contribution is -2.52. The number of rotatable bonds is 3. The Balaban J connectivity index is 2.20. The van der Waals surface area contributed by atoms with Crippen molar-refractivity contribution in [3.05, 3.63) is 35.1 Å². The summed E-state index contributed by atoms with van der Waals surface area (Å²) in [6.07, 6.45) is 0. The van der Waals surface area contributed by atoms with Crippen LogP contribution in [0, 0.1) is 11.2 Å². The third-order valence-corrected chi connectivity index (χ3v) is 3.46. The van der Waals surface area contributed by atoms with Crippen molar-refractivity contribution in [1.82, 2.24) is 4.90 Å². The molecule has 3 N–H and O–H groups in total. The average Bonchev–Trinajstić information content (AvgIpc) is 2.31. The zero-order chi connectivity index (χ0) is 14.0. The minimum absolute atomic E-state index is 0.0685. The van der Waals surface area contributed by atoms with Crippen molar-refractivity contribution >= 4 is 5.84 Å². The molecule has 2 rings (SSSR count). The molecule has 0 atom stereocenters. The van der Waals surface area contributed by atoms with E-state index in [1.165, 1.54) is 12.1 Å². The number of benzene rings is 1. The minimum atomic E-state index is -0.353. The third kappa shape index (κ3) is 3.30. The topological polar surface area (TPSA) is 62.3 Å². The maximum atomic E-state index is 13.5. The molecule has 0 spiro atoms. The van der Waals surface area contributed by atoms with E-state index < -0.39 is 0 Å². The van der Waals surface area contributed by atoms with E-state index in [1.54, 1.807) is 6.07 Å². The molecule has 1 fully saturated rings. The molecule has 1 aliphatic rings. The highest BCUT2D eigenvalue weighted by molar-refractivity contribution is 5.95. The molecule has 1 saturated heterocycles. The number of ether oxygens (including phenoxy) is 1. The van der Waals surface area contributed by atoms with Gasteiger partial charge in [-0.25, -0.2) is 4.39 Å². The molecule has 0 saturated carbocycles. The van der Waals surface area contributed by atoms with E-state index in [0.717, 1.165) is 12.1 Å². The summed E-state index contributed by atoms with van der Waals surface area (Å²) in [5, 5.41) is 7.40. The van der Waals surface area contributed by atoms with Gasteiger partial charge in [0.2, 0.25) is 0 Å². The van der Waals surface area contributed by atoms with Crippen LogP contribution in [0.5, 0.6) is 0 Å². The van der Waals surface area contributed by atoms with Crippen molar-refractivity contribution in [2.75, 3.05) is 19.8 Å². The summed E-state index contributed by atoms with van der Waals surface area (Å²) in [5.74, 6) is -0.462. The lowest BCUT2D eigenvalue weighted by atomic mass is 10.0. The SMILES string of the molecule is CC1(C)COCCN1Cc1cc(F)cc(C(=N)N)c1. The van der Waals surface area contributed by atoms with Crippen molar-refractivity contribution in [3.8, 4) is 0 Å². The Bertz CT molecular complexity index is 488. The van der Waals surface area contributed by atoms with Crippen LogP contribution in [0.25, 0.3) is 0 Å². The van der Waals surface area contributed by atoms with E-state index in [0.29, 0.717) is 25.3 Å². The van der Waals surface area contributed by atoms with Gasteiger partial charge in [-0.2, -0.15) is 0 Å². The van der Waals surface area contributed by atoms with Gasteiger partial charge in [0.1, 0.15) is 11.7 Å². The van der Waals surface area contributed by atoms with Crippen molar-refractivity contribution in [3.63, 3.8) is 0 Å². The van der Waals surface area contributed by atoms with E-state index in [2.05, 4.69) is 18.7 Å². The molecule has 1 aromatic carbocycles. The number of halogens is 1. The number of hydrogen-bond acceptors (Lipinski definition) is 3. The summed E-state index contributed by atoms with van der Waals surface area (Å²) in [4.78, 5) is 2.26. The first kappa shape index (κ1) is 14.0. The minimum Gasteiger partial charge on any atom is -0.384 e. The Morgan fingerprint density at radius 1 is 1.47 bits per heavy atom. The van der Waals surface area contributed by atoms with Crippen LogP contribution in [0.2, 0.25) is 0 Å². The van der Waals surface area contributed by atoms with Crippen LogP contribution in [0.15, 0.2) is 18.2 Å². The molecule has 1 aliphatic heterocycles. The van der Waals surface area contributed by atoms with Gasteiger partial charge in [0.25, 0.3) is 0 Å². The molecule has 1 aromatic rings. The van der Waals surface area contributed by atoms with E-state index >= 15 is 0 Å². The van der Waals surface area contributed by atoms with Gasteiger partial charge in [0.15, 0.2) is 0 Å². The first-order chi connectivity index (χ1) is 8.88. The molecular formula is C14H20FN3O. The number of amidine groups is 1. The fourth-order valence-electron chi connectivity index (χ4n) is 2.30. The molecule has 0 radical (unpaired) electrons. The molecule has 19 heavy (non-hydrogen) atoms. The second-order valence-electron chi connectivity index (χ2n) is 5.55. The second kappa shape index (κ2) is 5.27. The van der Waals surface area contributed by atoms with Crippen molar-refractivity contribution < 1.29 is 9.13 Å². The summed E-state index contributed by atoms with van der Waals surface area (Å²) in [7, 11) is 0. The Hall–Kier alpha value is -1.46. The van der Waals surface area contributed by atoms with Crippen LogP contribution < -0.4 is 5.73 Å². The van der Waals surface area contributed by atoms with Crippen LogP contribution in [0.3, 0.4) is 0 Å². The van der Waals surface area contributed by atoms with Crippen LogP contribution >= 0.6 is 0 Å². The zero-order valence-corrected chi connectivity index (χ0v) is 11.4. The van der Waals surface area contributed by atoms with Gasteiger partial charge in [0.05, 0.1) is 13.2 Å². The highest BCUT2D eigenvalue weighted by Crippen LogP contribution is 2.22. The van der Waals surface area contributed by atoms with Gasteiger partial charge >= 0.3 is 0 Å². The van der Waals surface area contributed by atoms with Gasteiger partial charge in [-0.3, -0.25) is 10.3 Å². The van der Waals surface area contributed by atoms with Crippen LogP contribution in [0.1, 0.15) is 25.0 Å². The Labute approximate surface area is 112 Å². The fraction of sp³-hybridized carbons (Fsp3) is 0.500. The molecular weight excluding hydrogens is 245 g/mol. The third-order valence-electron chi connectivity index (χ3n) is 3.46. The summed E-state index contributed by atoms with van der Waals surface area (Å²) < 4.78 is 19.0. The molecule has 0 unspecified atom stereocenters. The summed E-state index contributed by atoms with van der Waals surface area (Å²) >= 11 is 0. The summed E-state index contributed by atoms with van der Waals surface area (Å²) in [5.41, 5.74) is 6.62. The van der Waals surface area contributed by atoms with E-state index in [4.69, 9.17) is 15.9 Å². The van der Waals surface area contributed by atoms with E-state index in [1.807, 2.05) is 0 Å². The Kier molecular flexibility index (Phi) is 3.87. The Morgan fingerprint density at radius 3 is 2.84 bits per heavy atom. The van der Waals surface area contributed by atoms with Crippen molar-refractivity contribution in [2.45, 2.75) is 25.9 Å². The fourth-order valence-corrected chi connectivity index (χ4v) is 2.30. The summed E-state index contributed by atoms with van der Waals surface area (Å²) in [6, 6.07) is 4.56. The molecule has 4 nitrogen and oxygen atoms in total. The largest absolute Gasteiger partial charge is 0.384 e. The quantitative estimate of drug-likeness (QED) is 0.646. The smallest absolute Gasteiger partial charge is 0.124 e. The highest BCUT2D eigenvalue weighted by atomic mass is 19.1. The van der Waals surface area contributed by atoms with Gasteiger partial charge < -0.3 is 10.5 Å². The molecule has 5 heteroatoms. The van der Waals surface area contributed by atoms with Crippen molar-refractivity contribution in [1.29, 1.82) is 5.41 Å². The predicted molar refractivity (Wildman–Crippen MR) is 72.7 cm³/mol. The number of nitrogens with zero attached hydrogens (tertiary/aromatic N) is 1. The van der Waals surface area contributed by atoms with Gasteiger partial charge in [-0.15, -0.1) is 0 Å². The van der Waals surface area contributed by atoms with E-state index in [-0.39, 0.29) is 17.2 Å². The summed E-state index contributed by atoms with van der Waals surface area (Å²) in [6.45, 7) is 7.03. The first-order valence-electron chi connectivity index (χ1n) is 6.35. The van der Waals surface area contributed by atoms with Crippen LogP contribution in [-0.4, -0.2) is 36.0 Å². The normalized spacial score (nSPS) is 19.3. The van der Waals surface area contributed by atoms with Crippen LogP contribution in [0.4, 0.5) is 4.39 Å². The number of nitrogens with one attached hydrogen (secondary N) is 1. The van der Waals surface area contributed by atoms with Gasteiger partial charge in [0, 0.05) is 24.2 Å². The maximum Gasteiger partial charge on any atom is 0.124 e. The monoisotopic (exact) mass is 265 g/mol. The lowest BCUT2D eigenvalue weighted by Gasteiger charge is -2.42. The first-order valence-corrected chi connectivity index (χ1v) is 6.35. The lowest BCUT2D eigenvalue weighted by molar-refractivity contribution is -0.0553. The molecule has 104 valence electrons. The molecule has 0 bridgehead atoms. The zero-order valence-electron chi connectivity index (χ0n) is 11.4. The number of hydrogen-bond donors (Lipinski definition) is 2. The van der Waals surface area contributed by atoms with Gasteiger partial charge in [-0.1, -0.05) is 0 Å². The second-order valence-corrected chi connectivity index (χ2v) is 5.55. The molecule has 0 aromatic heterocycles. The number of nitrogen functional groups attached to an aromatic ring is 1. The highest BCUT2D eigenvalue weighted by Gasteiger charge is 2.30. The van der Waals surface area contributed by atoms with E-state index in [9.17, 15) is 4.39 Å². The van der Waals surface area contributed by atoms with Crippen LogP contribution in [-0.2, 0) is 11.3 Å². The Morgan fingerprint density at radius 2 is 2.21 bits per heavy atom. The molecule has 0 aliphatic carbocycles.